The van der Waals surface area contributed by atoms with E-state index in [0.717, 1.165) is 18.4 Å². The molecule has 47 heavy (non-hydrogen) atoms. The van der Waals surface area contributed by atoms with Gasteiger partial charge in [-0.15, -0.1) is 0 Å². The second-order valence-electron chi connectivity index (χ2n) is 12.1. The van der Waals surface area contributed by atoms with Crippen molar-refractivity contribution in [2.75, 3.05) is 26.4 Å². The van der Waals surface area contributed by atoms with Gasteiger partial charge >= 0.3 is 18.4 Å². The highest BCUT2D eigenvalue weighted by molar-refractivity contribution is 5.70. The molecule has 1 amide bonds. The number of hydrogen-bond acceptors (Lipinski definition) is 5. The average Bonchev–Trinajstić information content (AvgIpc) is 3.05. The minimum absolute atomic E-state index is 0.00115. The van der Waals surface area contributed by atoms with Gasteiger partial charge in [-0.1, -0.05) is 74.0 Å². The van der Waals surface area contributed by atoms with Crippen molar-refractivity contribution in [2.45, 2.75) is 75.7 Å². The van der Waals surface area contributed by atoms with Gasteiger partial charge in [0.25, 0.3) is 0 Å². The zero-order valence-electron chi connectivity index (χ0n) is 26.4. The number of unbranched alkanes of at least 4 members (excludes halogenated alkanes) is 1. The molecule has 0 aliphatic carbocycles. The molecule has 0 bridgehead atoms. The minimum atomic E-state index is -5.01. The van der Waals surface area contributed by atoms with Crippen LogP contribution < -0.4 is 5.73 Å². The molecule has 6 nitrogen and oxygen atoms in total. The van der Waals surface area contributed by atoms with Crippen molar-refractivity contribution in [3.05, 3.63) is 107 Å². The number of nitrogens with zero attached hydrogens (tertiary/aromatic N) is 1. The molecule has 1 aliphatic heterocycles. The number of alkyl halides is 6. The molecule has 256 valence electrons. The Morgan fingerprint density at radius 1 is 0.894 bits per heavy atom. The van der Waals surface area contributed by atoms with Crippen LogP contribution in [0.1, 0.15) is 73.5 Å². The number of hydrogen-bond donors (Lipinski definition) is 1. The molecule has 2 N–H and O–H groups in total. The van der Waals surface area contributed by atoms with Crippen LogP contribution in [0.15, 0.2) is 78.9 Å². The number of rotatable bonds is 12. The van der Waals surface area contributed by atoms with Crippen molar-refractivity contribution in [1.29, 1.82) is 0 Å². The van der Waals surface area contributed by atoms with Crippen LogP contribution in [0.3, 0.4) is 0 Å². The molecule has 0 radical (unpaired) electrons. The summed E-state index contributed by atoms with van der Waals surface area (Å²) in [7, 11) is 0. The lowest BCUT2D eigenvalue weighted by atomic mass is 9.75. The fraction of sp³-hybridized carbons (Fsp3) is 0.457. The van der Waals surface area contributed by atoms with Crippen LogP contribution in [0.5, 0.6) is 0 Å². The van der Waals surface area contributed by atoms with Gasteiger partial charge in [0.15, 0.2) is 0 Å². The highest BCUT2D eigenvalue weighted by atomic mass is 19.4. The predicted octanol–water partition coefficient (Wildman–Crippen LogP) is 8.64. The van der Waals surface area contributed by atoms with Crippen LogP contribution in [0, 0.1) is 0 Å². The summed E-state index contributed by atoms with van der Waals surface area (Å²) >= 11 is 0. The summed E-state index contributed by atoms with van der Waals surface area (Å²) in [6, 6.07) is 19.4. The first-order valence-electron chi connectivity index (χ1n) is 15.5. The van der Waals surface area contributed by atoms with Crippen molar-refractivity contribution in [1.82, 2.24) is 4.90 Å². The average molecular weight is 667 g/mol. The van der Waals surface area contributed by atoms with Crippen LogP contribution in [0.4, 0.5) is 31.1 Å². The minimum Gasteiger partial charge on any atom is -0.445 e. The Morgan fingerprint density at radius 3 is 2.06 bits per heavy atom. The lowest BCUT2D eigenvalue weighted by Crippen LogP contribution is -2.66. The lowest BCUT2D eigenvalue weighted by molar-refractivity contribution is -0.143. The van der Waals surface area contributed by atoms with Crippen LogP contribution in [0.25, 0.3) is 0 Å². The first-order valence-corrected chi connectivity index (χ1v) is 15.5. The van der Waals surface area contributed by atoms with Gasteiger partial charge in [-0.25, -0.2) is 4.79 Å². The summed E-state index contributed by atoms with van der Waals surface area (Å²) in [6.07, 6.45) is -9.51. The number of piperidine rings is 1. The highest BCUT2D eigenvalue weighted by Gasteiger charge is 2.51. The molecule has 0 saturated carbocycles. The zero-order chi connectivity index (χ0) is 34.3. The van der Waals surface area contributed by atoms with E-state index < -0.39 is 46.8 Å². The topological polar surface area (TPSA) is 74.0 Å². The normalized spacial score (nSPS) is 21.0. The van der Waals surface area contributed by atoms with E-state index in [1.54, 1.807) is 42.5 Å². The Morgan fingerprint density at radius 2 is 1.49 bits per heavy atom. The Hall–Kier alpha value is -3.61. The third-order valence-corrected chi connectivity index (χ3v) is 8.45. The second kappa shape index (κ2) is 15.1. The third-order valence-electron chi connectivity index (χ3n) is 8.45. The first-order chi connectivity index (χ1) is 22.2. The number of carbonyl (C=O) groups is 1. The molecule has 3 aromatic carbocycles. The number of amides is 1. The largest absolute Gasteiger partial charge is 0.445 e. The zero-order valence-corrected chi connectivity index (χ0v) is 26.4. The summed E-state index contributed by atoms with van der Waals surface area (Å²) in [4.78, 5) is 15.4. The molecule has 3 atom stereocenters. The molecule has 0 aromatic heterocycles. The molecule has 3 aromatic rings. The maximum atomic E-state index is 14.0. The highest BCUT2D eigenvalue weighted by Crippen LogP contribution is 2.43. The molecule has 1 aliphatic rings. The van der Waals surface area contributed by atoms with Crippen LogP contribution in [-0.4, -0.2) is 42.9 Å². The van der Waals surface area contributed by atoms with E-state index in [1.807, 2.05) is 25.1 Å². The predicted molar refractivity (Wildman–Crippen MR) is 164 cm³/mol. The Balaban J connectivity index is 1.69. The van der Waals surface area contributed by atoms with Crippen molar-refractivity contribution in [2.24, 2.45) is 5.73 Å². The van der Waals surface area contributed by atoms with Gasteiger partial charge in [-0.2, -0.15) is 26.3 Å². The summed E-state index contributed by atoms with van der Waals surface area (Å²) in [5, 5.41) is 0. The van der Waals surface area contributed by atoms with Gasteiger partial charge < -0.3 is 19.9 Å². The molecule has 4 rings (SSSR count). The Kier molecular flexibility index (Phi) is 11.6. The van der Waals surface area contributed by atoms with E-state index in [1.165, 1.54) is 11.8 Å². The molecule has 0 spiro atoms. The summed E-state index contributed by atoms with van der Waals surface area (Å²) < 4.78 is 99.4. The summed E-state index contributed by atoms with van der Waals surface area (Å²) in [6.45, 7) is 3.78. The standard InChI is InChI=1S/C35H40F6N2O4/c1-3-4-17-45-23-32(42)15-16-33(28-13-9-6-10-14-28,43(22-32)31(44)46-21-26-11-7-5-8-12-26)24-47-25(2)27-18-29(34(36,37)38)20-30(19-27)35(39,40)41/h5-14,18-20,25H,3-4,15-17,21-24,42H2,1-2H3/t25-,32?,33-/m1/s1. The van der Waals surface area contributed by atoms with Gasteiger partial charge in [-0.05, 0) is 61.1 Å². The van der Waals surface area contributed by atoms with Crippen LogP contribution in [0.2, 0.25) is 0 Å². The van der Waals surface area contributed by atoms with Crippen molar-refractivity contribution < 1.29 is 45.3 Å². The number of ether oxygens (including phenoxy) is 3. The molecule has 1 fully saturated rings. The maximum absolute atomic E-state index is 14.0. The van der Waals surface area contributed by atoms with E-state index in [4.69, 9.17) is 19.9 Å². The number of carbonyl (C=O) groups excluding carboxylic acids is 1. The Bertz CT molecular complexity index is 1420. The number of likely N-dealkylation sites (tertiary alicyclic amines) is 1. The summed E-state index contributed by atoms with van der Waals surface area (Å²) in [5.74, 6) is 0. The van der Waals surface area contributed by atoms with Crippen LogP contribution in [-0.2, 0) is 38.7 Å². The van der Waals surface area contributed by atoms with E-state index in [9.17, 15) is 31.1 Å². The SMILES string of the molecule is CCCCOCC1(N)CC[C@@](CO[C@H](C)c2cc(C(F)(F)F)cc(C(F)(F)F)c2)(c2ccccc2)N(C(=O)OCc2ccccc2)C1. The Labute approximate surface area is 270 Å². The van der Waals surface area contributed by atoms with Crippen molar-refractivity contribution in [3.8, 4) is 0 Å². The van der Waals surface area contributed by atoms with Gasteiger partial charge in [0.1, 0.15) is 6.61 Å². The van der Waals surface area contributed by atoms with Crippen molar-refractivity contribution in [3.63, 3.8) is 0 Å². The lowest BCUT2D eigenvalue weighted by Gasteiger charge is -2.52. The second-order valence-corrected chi connectivity index (χ2v) is 12.1. The van der Waals surface area contributed by atoms with E-state index in [-0.39, 0.29) is 44.4 Å². The number of benzene rings is 3. The van der Waals surface area contributed by atoms with E-state index in [0.29, 0.717) is 30.7 Å². The maximum Gasteiger partial charge on any atom is 0.416 e. The molecule has 12 heteroatoms. The smallest absolute Gasteiger partial charge is 0.416 e. The molecular weight excluding hydrogens is 626 g/mol. The molecule has 1 unspecified atom stereocenters. The quantitative estimate of drug-likeness (QED) is 0.155. The van der Waals surface area contributed by atoms with Gasteiger partial charge in [0.2, 0.25) is 0 Å². The molecule has 1 saturated heterocycles. The molecular formula is C35H40F6N2O4. The summed E-state index contributed by atoms with van der Waals surface area (Å²) in [5.41, 5.74) is 2.87. The van der Waals surface area contributed by atoms with E-state index in [2.05, 4.69) is 0 Å². The molecule has 1 heterocycles. The van der Waals surface area contributed by atoms with Crippen LogP contribution >= 0.6 is 0 Å². The van der Waals surface area contributed by atoms with Gasteiger partial charge in [-0.3, -0.25) is 4.90 Å². The van der Waals surface area contributed by atoms with Gasteiger partial charge in [0.05, 0.1) is 41.5 Å². The fourth-order valence-corrected chi connectivity index (χ4v) is 5.67. The van der Waals surface area contributed by atoms with E-state index >= 15 is 0 Å². The first kappa shape index (κ1) is 36.2. The third kappa shape index (κ3) is 9.27. The fourth-order valence-electron chi connectivity index (χ4n) is 5.67. The van der Waals surface area contributed by atoms with Crippen molar-refractivity contribution >= 4 is 6.09 Å². The monoisotopic (exact) mass is 666 g/mol. The number of halogens is 6. The number of nitrogens with two attached hydrogens (primary N) is 1. The van der Waals surface area contributed by atoms with Gasteiger partial charge in [0, 0.05) is 13.2 Å².